The Balaban J connectivity index is 1.73. The van der Waals surface area contributed by atoms with Gasteiger partial charge in [-0.25, -0.2) is 0 Å². The number of amides is 1. The maximum atomic E-state index is 12.0. The number of hydrogen-bond donors (Lipinski definition) is 2. The molecular weight excluding hydrogens is 278 g/mol. The Labute approximate surface area is 133 Å². The maximum absolute atomic E-state index is 12.0. The maximum Gasteiger partial charge on any atom is 0.234 e. The summed E-state index contributed by atoms with van der Waals surface area (Å²) in [5, 5.41) is 6.33. The highest BCUT2D eigenvalue weighted by molar-refractivity contribution is 5.78. The van der Waals surface area contributed by atoms with Crippen LogP contribution in [0.2, 0.25) is 0 Å². The summed E-state index contributed by atoms with van der Waals surface area (Å²) in [6, 6.07) is 8.60. The summed E-state index contributed by atoms with van der Waals surface area (Å²) in [6.45, 7) is 9.40. The predicted molar refractivity (Wildman–Crippen MR) is 87.5 cm³/mol. The number of benzene rings is 1. The van der Waals surface area contributed by atoms with Crippen LogP contribution < -0.4 is 10.6 Å². The minimum Gasteiger partial charge on any atom is -0.377 e. The van der Waals surface area contributed by atoms with E-state index >= 15 is 0 Å². The summed E-state index contributed by atoms with van der Waals surface area (Å²) in [5.74, 6) is 0.0899. The van der Waals surface area contributed by atoms with E-state index in [9.17, 15) is 4.79 Å². The predicted octanol–water partition coefficient (Wildman–Crippen LogP) is 1.13. The lowest BCUT2D eigenvalue weighted by Crippen LogP contribution is -2.52. The lowest BCUT2D eigenvalue weighted by atomic mass is 10.1. The van der Waals surface area contributed by atoms with Crippen LogP contribution in [0.5, 0.6) is 0 Å². The molecular formula is C17H27N3O2. The van der Waals surface area contributed by atoms with E-state index in [4.69, 9.17) is 4.74 Å². The second-order valence-electron chi connectivity index (χ2n) is 5.75. The first-order valence-electron chi connectivity index (χ1n) is 8.06. The smallest absolute Gasteiger partial charge is 0.234 e. The fraction of sp³-hybridized carbons (Fsp3) is 0.588. The molecule has 5 nitrogen and oxygen atoms in total. The summed E-state index contributed by atoms with van der Waals surface area (Å²) in [7, 11) is 0. The molecule has 1 aromatic carbocycles. The molecule has 1 heterocycles. The van der Waals surface area contributed by atoms with Crippen LogP contribution >= 0.6 is 0 Å². The fourth-order valence-corrected chi connectivity index (χ4v) is 2.53. The summed E-state index contributed by atoms with van der Waals surface area (Å²) < 4.78 is 5.37. The molecule has 122 valence electrons. The van der Waals surface area contributed by atoms with Gasteiger partial charge < -0.3 is 15.4 Å². The van der Waals surface area contributed by atoms with Gasteiger partial charge in [0.2, 0.25) is 5.91 Å². The molecule has 0 unspecified atom stereocenters. The molecule has 0 bridgehead atoms. The van der Waals surface area contributed by atoms with Gasteiger partial charge in [0.15, 0.2) is 0 Å². The molecule has 0 radical (unpaired) electrons. The van der Waals surface area contributed by atoms with E-state index in [0.29, 0.717) is 25.7 Å². The number of ether oxygens (including phenoxy) is 1. The number of hydrogen-bond acceptors (Lipinski definition) is 4. The highest BCUT2D eigenvalue weighted by Crippen LogP contribution is 2.06. The lowest BCUT2D eigenvalue weighted by Gasteiger charge is -2.33. The topological polar surface area (TPSA) is 53.6 Å². The molecule has 1 atom stereocenters. The molecule has 1 aliphatic heterocycles. The fourth-order valence-electron chi connectivity index (χ4n) is 2.53. The largest absolute Gasteiger partial charge is 0.377 e. The van der Waals surface area contributed by atoms with Crippen LogP contribution in [0, 0.1) is 0 Å². The highest BCUT2D eigenvalue weighted by Gasteiger charge is 2.19. The Kier molecular flexibility index (Phi) is 6.83. The first-order chi connectivity index (χ1) is 10.7. The van der Waals surface area contributed by atoms with E-state index in [1.165, 1.54) is 0 Å². The molecule has 1 saturated heterocycles. The van der Waals surface area contributed by atoms with Crippen molar-refractivity contribution in [3.05, 3.63) is 35.4 Å². The zero-order chi connectivity index (χ0) is 15.8. The van der Waals surface area contributed by atoms with Crippen molar-refractivity contribution in [3.63, 3.8) is 0 Å². The third kappa shape index (κ3) is 5.40. The Morgan fingerprint density at radius 2 is 2.09 bits per heavy atom. The first-order valence-corrected chi connectivity index (χ1v) is 8.06. The van der Waals surface area contributed by atoms with Crippen molar-refractivity contribution >= 4 is 5.91 Å². The first kappa shape index (κ1) is 16.9. The average molecular weight is 305 g/mol. The van der Waals surface area contributed by atoms with Crippen molar-refractivity contribution in [3.8, 4) is 0 Å². The second-order valence-corrected chi connectivity index (χ2v) is 5.75. The van der Waals surface area contributed by atoms with E-state index in [-0.39, 0.29) is 5.91 Å². The Hall–Kier alpha value is -1.43. The quantitative estimate of drug-likeness (QED) is 0.793. The number of piperazine rings is 1. The van der Waals surface area contributed by atoms with Gasteiger partial charge in [0.05, 0.1) is 13.2 Å². The molecule has 1 aliphatic rings. The molecule has 0 aromatic heterocycles. The number of nitrogens with one attached hydrogen (secondary N) is 2. The van der Waals surface area contributed by atoms with Crippen LogP contribution in [0.25, 0.3) is 0 Å². The van der Waals surface area contributed by atoms with E-state index in [1.807, 2.05) is 19.1 Å². The van der Waals surface area contributed by atoms with Crippen molar-refractivity contribution in [2.24, 2.45) is 0 Å². The average Bonchev–Trinajstić information content (AvgIpc) is 2.54. The molecule has 0 aliphatic carbocycles. The Morgan fingerprint density at radius 1 is 1.36 bits per heavy atom. The number of carbonyl (C=O) groups excluding carboxylic acids is 1. The summed E-state index contributed by atoms with van der Waals surface area (Å²) >= 11 is 0. The molecule has 1 amide bonds. The number of nitrogens with zero attached hydrogens (tertiary/aromatic N) is 1. The number of rotatable bonds is 7. The standard InChI is InChI=1S/C17H27N3O2/c1-3-22-13-16-6-4-15(5-7-16)11-19-17(21)12-20-9-8-18-10-14(20)2/h4-7,14,18H,3,8-13H2,1-2H3,(H,19,21)/t14-/m1/s1. The van der Waals surface area contributed by atoms with Crippen molar-refractivity contribution in [2.45, 2.75) is 33.0 Å². The monoisotopic (exact) mass is 305 g/mol. The third-order valence-corrected chi connectivity index (χ3v) is 3.97. The van der Waals surface area contributed by atoms with E-state index in [1.54, 1.807) is 0 Å². The van der Waals surface area contributed by atoms with Crippen LogP contribution in [0.15, 0.2) is 24.3 Å². The third-order valence-electron chi connectivity index (χ3n) is 3.97. The summed E-state index contributed by atoms with van der Waals surface area (Å²) in [4.78, 5) is 14.3. The van der Waals surface area contributed by atoms with Gasteiger partial charge in [0.25, 0.3) is 0 Å². The molecule has 22 heavy (non-hydrogen) atoms. The molecule has 1 fully saturated rings. The summed E-state index contributed by atoms with van der Waals surface area (Å²) in [6.07, 6.45) is 0. The van der Waals surface area contributed by atoms with Crippen LogP contribution in [-0.4, -0.2) is 49.6 Å². The Morgan fingerprint density at radius 3 is 2.77 bits per heavy atom. The minimum absolute atomic E-state index is 0.0899. The van der Waals surface area contributed by atoms with Gasteiger partial charge >= 0.3 is 0 Å². The SMILES string of the molecule is CCOCc1ccc(CNC(=O)CN2CCNC[C@H]2C)cc1. The summed E-state index contributed by atoms with van der Waals surface area (Å²) in [5.41, 5.74) is 2.27. The van der Waals surface area contributed by atoms with Crippen LogP contribution in [0.1, 0.15) is 25.0 Å². The van der Waals surface area contributed by atoms with Gasteiger partial charge in [-0.15, -0.1) is 0 Å². The highest BCUT2D eigenvalue weighted by atomic mass is 16.5. The van der Waals surface area contributed by atoms with Crippen LogP contribution in [-0.2, 0) is 22.7 Å². The molecule has 1 aromatic rings. The molecule has 5 heteroatoms. The van der Waals surface area contributed by atoms with E-state index in [0.717, 1.165) is 37.4 Å². The van der Waals surface area contributed by atoms with Gasteiger partial charge in [0.1, 0.15) is 0 Å². The van der Waals surface area contributed by atoms with E-state index in [2.05, 4.69) is 34.6 Å². The van der Waals surface area contributed by atoms with Gasteiger partial charge in [-0.05, 0) is 25.0 Å². The van der Waals surface area contributed by atoms with Gasteiger partial charge in [0, 0.05) is 38.8 Å². The van der Waals surface area contributed by atoms with Crippen molar-refractivity contribution < 1.29 is 9.53 Å². The Bertz CT molecular complexity index is 461. The van der Waals surface area contributed by atoms with Gasteiger partial charge in [-0.2, -0.15) is 0 Å². The normalized spacial score (nSPS) is 19.1. The molecule has 0 spiro atoms. The van der Waals surface area contributed by atoms with Crippen molar-refractivity contribution in [1.29, 1.82) is 0 Å². The van der Waals surface area contributed by atoms with Crippen LogP contribution in [0.4, 0.5) is 0 Å². The molecule has 2 N–H and O–H groups in total. The van der Waals surface area contributed by atoms with Crippen LogP contribution in [0.3, 0.4) is 0 Å². The van der Waals surface area contributed by atoms with Gasteiger partial charge in [-0.1, -0.05) is 24.3 Å². The molecule has 0 saturated carbocycles. The molecule has 2 rings (SSSR count). The zero-order valence-corrected chi connectivity index (χ0v) is 13.6. The zero-order valence-electron chi connectivity index (χ0n) is 13.6. The van der Waals surface area contributed by atoms with Gasteiger partial charge in [-0.3, -0.25) is 9.69 Å². The number of carbonyl (C=O) groups is 1. The minimum atomic E-state index is 0.0899. The lowest BCUT2D eigenvalue weighted by molar-refractivity contribution is -0.123. The second kappa shape index (κ2) is 8.88. The van der Waals surface area contributed by atoms with Crippen molar-refractivity contribution in [2.75, 3.05) is 32.8 Å². The van der Waals surface area contributed by atoms with Crippen molar-refractivity contribution in [1.82, 2.24) is 15.5 Å². The van der Waals surface area contributed by atoms with E-state index < -0.39 is 0 Å².